The largest absolute Gasteiger partial charge is 0.436 e. The molecule has 6 nitrogen and oxygen atoms in total. The summed E-state index contributed by atoms with van der Waals surface area (Å²) < 4.78 is 5.11. The first-order valence-electron chi connectivity index (χ1n) is 4.91. The van der Waals surface area contributed by atoms with Gasteiger partial charge in [0.2, 0.25) is 5.76 Å². The number of aryl methyl sites for hydroxylation is 2. The Hall–Kier alpha value is -1.40. The van der Waals surface area contributed by atoms with Crippen molar-refractivity contribution in [3.63, 3.8) is 0 Å². The summed E-state index contributed by atoms with van der Waals surface area (Å²) in [5, 5.41) is 20.7. The first-order chi connectivity index (χ1) is 7.35. The zero-order chi connectivity index (χ0) is 12.3. The minimum Gasteiger partial charge on any atom is -0.436 e. The standard InChI is InChI=1S/C10H16N2O4/c1-6-8(16-7(2)12-6)9(14)11-4-10(3,15)5-13/h13,15H,4-5H2,1-3H3,(H,11,14). The van der Waals surface area contributed by atoms with Crippen LogP contribution in [0.2, 0.25) is 0 Å². The number of aromatic nitrogens is 1. The summed E-state index contributed by atoms with van der Waals surface area (Å²) in [5.74, 6) is 0.0923. The minimum absolute atomic E-state index is 0.0540. The first-order valence-corrected chi connectivity index (χ1v) is 4.91. The highest BCUT2D eigenvalue weighted by molar-refractivity contribution is 5.92. The molecular weight excluding hydrogens is 212 g/mol. The normalized spacial score (nSPS) is 14.6. The van der Waals surface area contributed by atoms with E-state index in [1.54, 1.807) is 13.8 Å². The van der Waals surface area contributed by atoms with E-state index in [0.29, 0.717) is 11.6 Å². The summed E-state index contributed by atoms with van der Waals surface area (Å²) in [6, 6.07) is 0. The van der Waals surface area contributed by atoms with Crippen molar-refractivity contribution in [3.8, 4) is 0 Å². The van der Waals surface area contributed by atoms with Gasteiger partial charge in [0, 0.05) is 13.5 Å². The first kappa shape index (κ1) is 12.7. The molecule has 1 heterocycles. The van der Waals surface area contributed by atoms with Gasteiger partial charge in [-0.15, -0.1) is 0 Å². The van der Waals surface area contributed by atoms with E-state index in [4.69, 9.17) is 9.52 Å². The van der Waals surface area contributed by atoms with Crippen LogP contribution in [0.15, 0.2) is 4.42 Å². The average molecular weight is 228 g/mol. The van der Waals surface area contributed by atoms with Crippen LogP contribution in [0.25, 0.3) is 0 Å². The molecule has 1 rings (SSSR count). The van der Waals surface area contributed by atoms with Crippen LogP contribution in [0.5, 0.6) is 0 Å². The maximum Gasteiger partial charge on any atom is 0.289 e. The Morgan fingerprint density at radius 1 is 1.56 bits per heavy atom. The number of aliphatic hydroxyl groups excluding tert-OH is 1. The molecule has 0 saturated heterocycles. The molecule has 0 aromatic carbocycles. The van der Waals surface area contributed by atoms with Crippen LogP contribution in [0.1, 0.15) is 29.1 Å². The smallest absolute Gasteiger partial charge is 0.289 e. The predicted molar refractivity (Wildman–Crippen MR) is 56.0 cm³/mol. The van der Waals surface area contributed by atoms with Gasteiger partial charge in [0.05, 0.1) is 12.3 Å². The number of nitrogens with one attached hydrogen (secondary N) is 1. The van der Waals surface area contributed by atoms with Crippen LogP contribution >= 0.6 is 0 Å². The lowest BCUT2D eigenvalue weighted by Gasteiger charge is -2.20. The fraction of sp³-hybridized carbons (Fsp3) is 0.600. The molecule has 0 bridgehead atoms. The summed E-state index contributed by atoms with van der Waals surface area (Å²) in [5.41, 5.74) is -0.836. The van der Waals surface area contributed by atoms with Gasteiger partial charge >= 0.3 is 0 Å². The summed E-state index contributed by atoms with van der Waals surface area (Å²) in [6.07, 6.45) is 0. The third-order valence-electron chi connectivity index (χ3n) is 2.08. The summed E-state index contributed by atoms with van der Waals surface area (Å²) in [4.78, 5) is 15.6. The van der Waals surface area contributed by atoms with E-state index >= 15 is 0 Å². The van der Waals surface area contributed by atoms with Gasteiger partial charge in [-0.1, -0.05) is 0 Å². The van der Waals surface area contributed by atoms with E-state index in [2.05, 4.69) is 10.3 Å². The quantitative estimate of drug-likeness (QED) is 0.661. The fourth-order valence-electron chi connectivity index (χ4n) is 1.15. The van der Waals surface area contributed by atoms with Crippen LogP contribution < -0.4 is 5.32 Å². The van der Waals surface area contributed by atoms with Crippen LogP contribution in [0.4, 0.5) is 0 Å². The molecule has 0 aliphatic heterocycles. The van der Waals surface area contributed by atoms with E-state index in [9.17, 15) is 9.90 Å². The molecule has 1 atom stereocenters. The molecule has 1 unspecified atom stereocenters. The number of hydrogen-bond donors (Lipinski definition) is 3. The van der Waals surface area contributed by atoms with Crippen molar-refractivity contribution in [3.05, 3.63) is 17.3 Å². The van der Waals surface area contributed by atoms with E-state index in [1.807, 2.05) is 0 Å². The van der Waals surface area contributed by atoms with Gasteiger partial charge in [-0.05, 0) is 13.8 Å². The second kappa shape index (κ2) is 4.63. The van der Waals surface area contributed by atoms with Gasteiger partial charge < -0.3 is 19.9 Å². The number of aliphatic hydroxyl groups is 2. The number of oxazole rings is 1. The summed E-state index contributed by atoms with van der Waals surface area (Å²) in [6.45, 7) is 4.25. The molecule has 1 aromatic rings. The number of hydrogen-bond acceptors (Lipinski definition) is 5. The van der Waals surface area contributed by atoms with E-state index in [0.717, 1.165) is 0 Å². The molecule has 1 amide bonds. The monoisotopic (exact) mass is 228 g/mol. The molecule has 0 aliphatic rings. The Balaban J connectivity index is 2.63. The lowest BCUT2D eigenvalue weighted by Crippen LogP contribution is -2.43. The Labute approximate surface area is 93.3 Å². The lowest BCUT2D eigenvalue weighted by molar-refractivity contribution is 0.00298. The molecule has 0 spiro atoms. The van der Waals surface area contributed by atoms with Crippen molar-refractivity contribution in [2.75, 3.05) is 13.2 Å². The molecule has 0 radical (unpaired) electrons. The highest BCUT2D eigenvalue weighted by Crippen LogP contribution is 2.09. The second-order valence-corrected chi connectivity index (χ2v) is 3.99. The van der Waals surface area contributed by atoms with Crippen molar-refractivity contribution < 1.29 is 19.4 Å². The van der Waals surface area contributed by atoms with E-state index in [1.165, 1.54) is 6.92 Å². The predicted octanol–water partition coefficient (Wildman–Crippen LogP) is -0.235. The van der Waals surface area contributed by atoms with Crippen LogP contribution in [-0.4, -0.2) is 39.9 Å². The highest BCUT2D eigenvalue weighted by Gasteiger charge is 2.22. The molecule has 0 aliphatic carbocycles. The van der Waals surface area contributed by atoms with Crippen molar-refractivity contribution in [1.82, 2.24) is 10.3 Å². The van der Waals surface area contributed by atoms with Crippen molar-refractivity contribution >= 4 is 5.91 Å². The fourth-order valence-corrected chi connectivity index (χ4v) is 1.15. The number of nitrogens with zero attached hydrogens (tertiary/aromatic N) is 1. The SMILES string of the molecule is Cc1nc(C)c(C(=O)NCC(C)(O)CO)o1. The van der Waals surface area contributed by atoms with Crippen molar-refractivity contribution in [2.45, 2.75) is 26.4 Å². The Bertz CT molecular complexity index is 384. The van der Waals surface area contributed by atoms with Gasteiger partial charge in [0.25, 0.3) is 5.91 Å². The molecule has 16 heavy (non-hydrogen) atoms. The highest BCUT2D eigenvalue weighted by atomic mass is 16.4. The van der Waals surface area contributed by atoms with Gasteiger partial charge in [-0.3, -0.25) is 4.79 Å². The number of amides is 1. The molecule has 1 aromatic heterocycles. The molecule has 0 saturated carbocycles. The van der Waals surface area contributed by atoms with Gasteiger partial charge in [0.1, 0.15) is 5.60 Å². The van der Waals surface area contributed by atoms with Gasteiger partial charge in [0.15, 0.2) is 5.89 Å². The van der Waals surface area contributed by atoms with Crippen molar-refractivity contribution in [1.29, 1.82) is 0 Å². The second-order valence-electron chi connectivity index (χ2n) is 3.99. The van der Waals surface area contributed by atoms with E-state index in [-0.39, 0.29) is 12.3 Å². The molecular formula is C10H16N2O4. The molecule has 0 fully saturated rings. The minimum atomic E-state index is -1.33. The summed E-state index contributed by atoms with van der Waals surface area (Å²) >= 11 is 0. The van der Waals surface area contributed by atoms with Crippen LogP contribution in [0, 0.1) is 13.8 Å². The van der Waals surface area contributed by atoms with Crippen LogP contribution in [-0.2, 0) is 0 Å². The average Bonchev–Trinajstić information content (AvgIpc) is 2.54. The lowest BCUT2D eigenvalue weighted by atomic mass is 10.1. The zero-order valence-corrected chi connectivity index (χ0v) is 9.57. The maximum absolute atomic E-state index is 11.6. The number of rotatable bonds is 4. The van der Waals surface area contributed by atoms with E-state index < -0.39 is 18.1 Å². The molecule has 6 heteroatoms. The topological polar surface area (TPSA) is 95.6 Å². The third kappa shape index (κ3) is 3.04. The Morgan fingerprint density at radius 2 is 2.19 bits per heavy atom. The Morgan fingerprint density at radius 3 is 2.62 bits per heavy atom. The van der Waals surface area contributed by atoms with Crippen LogP contribution in [0.3, 0.4) is 0 Å². The number of carbonyl (C=O) groups is 1. The third-order valence-corrected chi connectivity index (χ3v) is 2.08. The molecule has 90 valence electrons. The summed E-state index contributed by atoms with van der Waals surface area (Å²) in [7, 11) is 0. The van der Waals surface area contributed by atoms with Gasteiger partial charge in [-0.2, -0.15) is 0 Å². The maximum atomic E-state index is 11.6. The zero-order valence-electron chi connectivity index (χ0n) is 9.57. The van der Waals surface area contributed by atoms with Gasteiger partial charge in [-0.25, -0.2) is 4.98 Å². The Kier molecular flexibility index (Phi) is 3.66. The molecule has 3 N–H and O–H groups in total. The number of carbonyl (C=O) groups excluding carboxylic acids is 1. The van der Waals surface area contributed by atoms with Crippen molar-refractivity contribution in [2.24, 2.45) is 0 Å².